The van der Waals surface area contributed by atoms with E-state index in [0.717, 1.165) is 25.3 Å². The Bertz CT molecular complexity index is 382. The predicted molar refractivity (Wildman–Crippen MR) is 57.8 cm³/mol. The average Bonchev–Trinajstić information content (AvgIpc) is 2.82. The maximum atomic E-state index is 4.27. The minimum absolute atomic E-state index is 0.516. The van der Waals surface area contributed by atoms with Crippen molar-refractivity contribution in [3.63, 3.8) is 0 Å². The van der Waals surface area contributed by atoms with Gasteiger partial charge in [0.25, 0.3) is 0 Å². The van der Waals surface area contributed by atoms with E-state index in [-0.39, 0.29) is 0 Å². The van der Waals surface area contributed by atoms with Gasteiger partial charge >= 0.3 is 0 Å². The molecule has 78 valence electrons. The SMILES string of the molecule is c1ccc2c(c1)CN([C@@H]1CCNC1)N=N2. The van der Waals surface area contributed by atoms with E-state index in [0.29, 0.717) is 6.04 Å². The van der Waals surface area contributed by atoms with Gasteiger partial charge in [0.15, 0.2) is 0 Å². The molecular formula is C11H14N4. The molecule has 1 atom stereocenters. The fraction of sp³-hybridized carbons (Fsp3) is 0.455. The smallest absolute Gasteiger partial charge is 0.0924 e. The monoisotopic (exact) mass is 202 g/mol. The highest BCUT2D eigenvalue weighted by atomic mass is 15.6. The molecule has 0 unspecified atom stereocenters. The molecule has 0 aromatic heterocycles. The summed E-state index contributed by atoms with van der Waals surface area (Å²) in [5.41, 5.74) is 2.29. The quantitative estimate of drug-likeness (QED) is 0.755. The number of rotatable bonds is 1. The summed E-state index contributed by atoms with van der Waals surface area (Å²) in [4.78, 5) is 0. The van der Waals surface area contributed by atoms with E-state index in [1.165, 1.54) is 12.0 Å². The molecule has 1 aromatic carbocycles. The topological polar surface area (TPSA) is 40.0 Å². The number of nitrogens with zero attached hydrogens (tertiary/aromatic N) is 3. The Hall–Kier alpha value is -1.42. The van der Waals surface area contributed by atoms with Crippen molar-refractivity contribution in [1.82, 2.24) is 10.3 Å². The molecule has 4 nitrogen and oxygen atoms in total. The van der Waals surface area contributed by atoms with E-state index >= 15 is 0 Å². The standard InChI is InChI=1S/C11H14N4/c1-2-4-11-9(3-1)8-15(14-13-11)10-5-6-12-7-10/h1-4,10,12H,5-8H2/t10-/m1/s1. The van der Waals surface area contributed by atoms with Gasteiger partial charge in [0.2, 0.25) is 0 Å². The molecule has 15 heavy (non-hydrogen) atoms. The highest BCUT2D eigenvalue weighted by Crippen LogP contribution is 2.27. The van der Waals surface area contributed by atoms with E-state index in [9.17, 15) is 0 Å². The highest BCUT2D eigenvalue weighted by molar-refractivity contribution is 5.45. The predicted octanol–water partition coefficient (Wildman–Crippen LogP) is 1.86. The Labute approximate surface area is 89.0 Å². The summed E-state index contributed by atoms with van der Waals surface area (Å²) < 4.78 is 0. The molecule has 0 amide bonds. The van der Waals surface area contributed by atoms with Gasteiger partial charge in [-0.25, -0.2) is 0 Å². The zero-order chi connectivity index (χ0) is 10.1. The van der Waals surface area contributed by atoms with Gasteiger partial charge in [0.05, 0.1) is 18.3 Å². The van der Waals surface area contributed by atoms with E-state index in [4.69, 9.17) is 0 Å². The Kier molecular flexibility index (Phi) is 2.14. The first-order valence-corrected chi connectivity index (χ1v) is 5.40. The largest absolute Gasteiger partial charge is 0.315 e. The number of nitrogens with one attached hydrogen (secondary N) is 1. The van der Waals surface area contributed by atoms with Crippen LogP contribution in [0.2, 0.25) is 0 Å². The van der Waals surface area contributed by atoms with Gasteiger partial charge in [-0.3, -0.25) is 5.01 Å². The van der Waals surface area contributed by atoms with Crippen LogP contribution in [-0.2, 0) is 6.54 Å². The van der Waals surface area contributed by atoms with Crippen molar-refractivity contribution >= 4 is 5.69 Å². The first-order valence-electron chi connectivity index (χ1n) is 5.40. The number of hydrogen-bond acceptors (Lipinski definition) is 4. The third kappa shape index (κ3) is 1.61. The molecule has 1 fully saturated rings. The molecule has 0 aliphatic carbocycles. The Morgan fingerprint density at radius 2 is 2.27 bits per heavy atom. The lowest BCUT2D eigenvalue weighted by atomic mass is 10.1. The zero-order valence-corrected chi connectivity index (χ0v) is 8.56. The van der Waals surface area contributed by atoms with Crippen LogP contribution in [0.4, 0.5) is 5.69 Å². The van der Waals surface area contributed by atoms with E-state index in [2.05, 4.69) is 32.8 Å². The van der Waals surface area contributed by atoms with Crippen LogP contribution < -0.4 is 5.32 Å². The molecule has 0 saturated carbocycles. The molecule has 0 spiro atoms. The van der Waals surface area contributed by atoms with Crippen LogP contribution in [0.25, 0.3) is 0 Å². The summed E-state index contributed by atoms with van der Waals surface area (Å²) >= 11 is 0. The van der Waals surface area contributed by atoms with Crippen LogP contribution >= 0.6 is 0 Å². The van der Waals surface area contributed by atoms with Gasteiger partial charge in [-0.05, 0) is 19.0 Å². The van der Waals surface area contributed by atoms with Crippen molar-refractivity contribution in [3.05, 3.63) is 29.8 Å². The lowest BCUT2D eigenvalue weighted by molar-refractivity contribution is 0.187. The first kappa shape index (κ1) is 8.85. The second-order valence-electron chi connectivity index (χ2n) is 4.06. The number of hydrogen-bond donors (Lipinski definition) is 1. The van der Waals surface area contributed by atoms with Gasteiger partial charge in [-0.2, -0.15) is 0 Å². The normalized spacial score (nSPS) is 24.3. The highest BCUT2D eigenvalue weighted by Gasteiger charge is 2.24. The maximum Gasteiger partial charge on any atom is 0.0924 e. The van der Waals surface area contributed by atoms with E-state index in [1.54, 1.807) is 0 Å². The van der Waals surface area contributed by atoms with Crippen molar-refractivity contribution in [2.45, 2.75) is 19.0 Å². The second kappa shape index (κ2) is 3.62. The summed E-state index contributed by atoms with van der Waals surface area (Å²) in [6, 6.07) is 8.73. The summed E-state index contributed by atoms with van der Waals surface area (Å²) in [5, 5.41) is 14.0. The number of benzene rings is 1. The fourth-order valence-corrected chi connectivity index (χ4v) is 2.15. The number of fused-ring (bicyclic) bond motifs is 1. The average molecular weight is 202 g/mol. The van der Waals surface area contributed by atoms with Gasteiger partial charge in [-0.1, -0.05) is 23.4 Å². The van der Waals surface area contributed by atoms with Crippen LogP contribution in [-0.4, -0.2) is 24.1 Å². The van der Waals surface area contributed by atoms with Crippen LogP contribution in [0.3, 0.4) is 0 Å². The van der Waals surface area contributed by atoms with Crippen molar-refractivity contribution in [2.75, 3.05) is 13.1 Å². The van der Waals surface area contributed by atoms with Crippen LogP contribution in [0.5, 0.6) is 0 Å². The first-order chi connectivity index (χ1) is 7.43. The molecule has 0 radical (unpaired) electrons. The van der Waals surface area contributed by atoms with Crippen LogP contribution in [0.15, 0.2) is 34.6 Å². The van der Waals surface area contributed by atoms with Crippen LogP contribution in [0.1, 0.15) is 12.0 Å². The second-order valence-corrected chi connectivity index (χ2v) is 4.06. The molecule has 2 aliphatic heterocycles. The Morgan fingerprint density at radius 3 is 3.13 bits per heavy atom. The molecule has 2 aliphatic rings. The summed E-state index contributed by atoms with van der Waals surface area (Å²) in [6.07, 6.45) is 1.17. The minimum Gasteiger partial charge on any atom is -0.315 e. The van der Waals surface area contributed by atoms with Crippen molar-refractivity contribution in [1.29, 1.82) is 0 Å². The molecule has 0 bridgehead atoms. The third-order valence-electron chi connectivity index (χ3n) is 3.05. The van der Waals surface area contributed by atoms with Gasteiger partial charge in [0, 0.05) is 12.1 Å². The Morgan fingerprint density at radius 1 is 1.33 bits per heavy atom. The minimum atomic E-state index is 0.516. The molecule has 1 saturated heterocycles. The molecule has 1 N–H and O–H groups in total. The molecular weight excluding hydrogens is 188 g/mol. The maximum absolute atomic E-state index is 4.27. The lowest BCUT2D eigenvalue weighted by Gasteiger charge is -2.27. The summed E-state index contributed by atoms with van der Waals surface area (Å²) in [7, 11) is 0. The molecule has 4 heteroatoms. The van der Waals surface area contributed by atoms with E-state index < -0.39 is 0 Å². The molecule has 2 heterocycles. The van der Waals surface area contributed by atoms with Crippen molar-refractivity contribution < 1.29 is 0 Å². The zero-order valence-electron chi connectivity index (χ0n) is 8.56. The van der Waals surface area contributed by atoms with Gasteiger partial charge in [-0.15, -0.1) is 5.11 Å². The molecule has 1 aromatic rings. The van der Waals surface area contributed by atoms with Crippen LogP contribution in [0, 0.1) is 0 Å². The van der Waals surface area contributed by atoms with E-state index in [1.807, 2.05) is 12.1 Å². The molecule has 3 rings (SSSR count). The Balaban J connectivity index is 1.82. The third-order valence-corrected chi connectivity index (χ3v) is 3.05. The van der Waals surface area contributed by atoms with Crippen molar-refractivity contribution in [3.8, 4) is 0 Å². The summed E-state index contributed by atoms with van der Waals surface area (Å²) in [5.74, 6) is 0. The summed E-state index contributed by atoms with van der Waals surface area (Å²) in [6.45, 7) is 3.02. The van der Waals surface area contributed by atoms with Gasteiger partial charge in [0.1, 0.15) is 0 Å². The fourth-order valence-electron chi connectivity index (χ4n) is 2.15. The van der Waals surface area contributed by atoms with Gasteiger partial charge < -0.3 is 5.32 Å². The lowest BCUT2D eigenvalue weighted by Crippen LogP contribution is -2.32. The van der Waals surface area contributed by atoms with Crippen molar-refractivity contribution in [2.24, 2.45) is 10.3 Å².